The van der Waals surface area contributed by atoms with Crippen LogP contribution in [0.15, 0.2) is 42.5 Å². The number of hydrogen-bond donors (Lipinski definition) is 1. The number of sulfonamides is 1. The molecule has 1 amide bonds. The van der Waals surface area contributed by atoms with Gasteiger partial charge in [-0.2, -0.15) is 13.2 Å². The van der Waals surface area contributed by atoms with Crippen molar-refractivity contribution >= 4 is 33.2 Å². The van der Waals surface area contributed by atoms with Gasteiger partial charge in [0.2, 0.25) is 15.9 Å². The molecule has 1 fully saturated rings. The van der Waals surface area contributed by atoms with Gasteiger partial charge in [-0.1, -0.05) is 41.4 Å². The molecule has 5 nitrogen and oxygen atoms in total. The van der Waals surface area contributed by atoms with Gasteiger partial charge in [-0.15, -0.1) is 0 Å². The fourth-order valence-corrected chi connectivity index (χ4v) is 5.24. The van der Waals surface area contributed by atoms with Crippen LogP contribution < -0.4 is 5.32 Å². The van der Waals surface area contributed by atoms with E-state index in [0.29, 0.717) is 18.4 Å². The second-order valence-electron chi connectivity index (χ2n) is 7.60. The number of carbonyl (C=O) groups is 1. The highest BCUT2D eigenvalue weighted by Gasteiger charge is 2.34. The smallest absolute Gasteiger partial charge is 0.326 e. The minimum Gasteiger partial charge on any atom is -0.326 e. The zero-order valence-electron chi connectivity index (χ0n) is 16.7. The van der Waals surface area contributed by atoms with Crippen LogP contribution in [0.2, 0.25) is 5.02 Å². The number of amides is 1. The average Bonchev–Trinajstić information content (AvgIpc) is 2.70. The molecule has 31 heavy (non-hydrogen) atoms. The van der Waals surface area contributed by atoms with Crippen LogP contribution in [-0.4, -0.2) is 31.7 Å². The lowest BCUT2D eigenvalue weighted by Gasteiger charge is -2.30. The molecule has 3 rings (SSSR count). The molecule has 2 aromatic carbocycles. The first-order valence-corrected chi connectivity index (χ1v) is 11.7. The molecule has 0 aromatic heterocycles. The average molecular weight is 475 g/mol. The maximum atomic E-state index is 13.0. The van der Waals surface area contributed by atoms with E-state index in [1.165, 1.54) is 10.4 Å². The zero-order chi connectivity index (χ0) is 22.8. The Morgan fingerprint density at radius 1 is 1.13 bits per heavy atom. The maximum Gasteiger partial charge on any atom is 0.417 e. The van der Waals surface area contributed by atoms with E-state index >= 15 is 0 Å². The highest BCUT2D eigenvalue weighted by atomic mass is 35.5. The molecular formula is C21H22ClF3N2O3S. The normalized spacial score (nSPS) is 16.3. The summed E-state index contributed by atoms with van der Waals surface area (Å²) in [6.07, 6.45) is -4.05. The first-order chi connectivity index (χ1) is 14.5. The summed E-state index contributed by atoms with van der Waals surface area (Å²) < 4.78 is 65.7. The van der Waals surface area contributed by atoms with E-state index in [1.54, 1.807) is 12.1 Å². The Bertz CT molecular complexity index is 1050. The summed E-state index contributed by atoms with van der Waals surface area (Å²) in [4.78, 5) is 12.5. The predicted molar refractivity (Wildman–Crippen MR) is 113 cm³/mol. The van der Waals surface area contributed by atoms with E-state index in [9.17, 15) is 26.4 Å². The SMILES string of the molecule is Cc1ccc(CS(=O)(=O)N2CCC(C(=O)Nc3ccc(Cl)c(C(F)(F)F)c3)CC2)cc1. The molecule has 10 heteroatoms. The Morgan fingerprint density at radius 3 is 2.32 bits per heavy atom. The number of benzene rings is 2. The van der Waals surface area contributed by atoms with Crippen molar-refractivity contribution in [3.05, 3.63) is 64.2 Å². The quantitative estimate of drug-likeness (QED) is 0.673. The van der Waals surface area contributed by atoms with Crippen molar-refractivity contribution in [3.8, 4) is 0 Å². The van der Waals surface area contributed by atoms with E-state index < -0.39 is 38.6 Å². The van der Waals surface area contributed by atoms with Crippen molar-refractivity contribution < 1.29 is 26.4 Å². The molecule has 0 saturated carbocycles. The van der Waals surface area contributed by atoms with Gasteiger partial charge in [-0.3, -0.25) is 4.79 Å². The summed E-state index contributed by atoms with van der Waals surface area (Å²) in [6, 6.07) is 10.4. The molecule has 1 saturated heterocycles. The molecule has 1 aliphatic heterocycles. The van der Waals surface area contributed by atoms with Crippen LogP contribution in [0, 0.1) is 12.8 Å². The summed E-state index contributed by atoms with van der Waals surface area (Å²) in [6.45, 7) is 2.28. The van der Waals surface area contributed by atoms with E-state index in [4.69, 9.17) is 11.6 Å². The second kappa shape index (κ2) is 9.18. The zero-order valence-corrected chi connectivity index (χ0v) is 18.3. The van der Waals surface area contributed by atoms with Gasteiger partial charge in [-0.25, -0.2) is 12.7 Å². The largest absolute Gasteiger partial charge is 0.417 e. The summed E-state index contributed by atoms with van der Waals surface area (Å²) in [5.41, 5.74) is 0.699. The van der Waals surface area contributed by atoms with Gasteiger partial charge in [0.15, 0.2) is 0 Å². The highest BCUT2D eigenvalue weighted by Crippen LogP contribution is 2.36. The van der Waals surface area contributed by atoms with Gasteiger partial charge in [0, 0.05) is 24.7 Å². The van der Waals surface area contributed by atoms with Crippen molar-refractivity contribution in [1.82, 2.24) is 4.31 Å². The Balaban J connectivity index is 1.59. The van der Waals surface area contributed by atoms with E-state index in [2.05, 4.69) is 5.32 Å². The van der Waals surface area contributed by atoms with E-state index in [1.807, 2.05) is 19.1 Å². The van der Waals surface area contributed by atoms with E-state index in [0.717, 1.165) is 17.7 Å². The van der Waals surface area contributed by atoms with Crippen molar-refractivity contribution in [3.63, 3.8) is 0 Å². The summed E-state index contributed by atoms with van der Waals surface area (Å²) >= 11 is 5.60. The van der Waals surface area contributed by atoms with Crippen molar-refractivity contribution in [2.45, 2.75) is 31.7 Å². The van der Waals surface area contributed by atoms with Gasteiger partial charge < -0.3 is 5.32 Å². The Hall–Kier alpha value is -2.10. The van der Waals surface area contributed by atoms with Gasteiger partial charge in [0.25, 0.3) is 0 Å². The summed E-state index contributed by atoms with van der Waals surface area (Å²) in [5, 5.41) is 2.04. The molecule has 1 N–H and O–H groups in total. The van der Waals surface area contributed by atoms with Crippen LogP contribution in [-0.2, 0) is 26.7 Å². The first kappa shape index (κ1) is 23.6. The number of nitrogens with one attached hydrogen (secondary N) is 1. The second-order valence-corrected chi connectivity index (χ2v) is 9.97. The van der Waals surface area contributed by atoms with Crippen LogP contribution in [0.4, 0.5) is 18.9 Å². The monoisotopic (exact) mass is 474 g/mol. The van der Waals surface area contributed by atoms with Crippen molar-refractivity contribution in [2.75, 3.05) is 18.4 Å². The summed E-state index contributed by atoms with van der Waals surface area (Å²) in [5.74, 6) is -1.04. The topological polar surface area (TPSA) is 66.5 Å². The standard InChI is InChI=1S/C21H22ClF3N2O3S/c1-14-2-4-15(5-3-14)13-31(29,30)27-10-8-16(9-11-27)20(28)26-17-6-7-19(22)18(12-17)21(23,24)25/h2-7,12,16H,8-11,13H2,1H3,(H,26,28). The number of aryl methyl sites for hydroxylation is 1. The number of nitrogens with zero attached hydrogens (tertiary/aromatic N) is 1. The lowest BCUT2D eigenvalue weighted by atomic mass is 9.97. The number of alkyl halides is 3. The number of carbonyl (C=O) groups excluding carboxylic acids is 1. The van der Waals surface area contributed by atoms with E-state index in [-0.39, 0.29) is 24.5 Å². The molecule has 0 unspecified atom stereocenters. The van der Waals surface area contributed by atoms with Crippen molar-refractivity contribution in [1.29, 1.82) is 0 Å². The van der Waals surface area contributed by atoms with Crippen LogP contribution in [0.5, 0.6) is 0 Å². The molecule has 1 aliphatic rings. The number of halogens is 4. The van der Waals surface area contributed by atoms with Gasteiger partial charge in [-0.05, 0) is 43.5 Å². The fourth-order valence-electron chi connectivity index (χ4n) is 3.45. The highest BCUT2D eigenvalue weighted by molar-refractivity contribution is 7.88. The number of rotatable bonds is 5. The third kappa shape index (κ3) is 5.99. The Kier molecular flexibility index (Phi) is 6.98. The first-order valence-electron chi connectivity index (χ1n) is 9.67. The third-order valence-corrected chi connectivity index (χ3v) is 7.41. The molecular weight excluding hydrogens is 453 g/mol. The lowest BCUT2D eigenvalue weighted by molar-refractivity contribution is -0.137. The molecule has 168 valence electrons. The maximum absolute atomic E-state index is 13.0. The van der Waals surface area contributed by atoms with Gasteiger partial charge >= 0.3 is 6.18 Å². The lowest BCUT2D eigenvalue weighted by Crippen LogP contribution is -2.41. The van der Waals surface area contributed by atoms with Crippen LogP contribution in [0.25, 0.3) is 0 Å². The van der Waals surface area contributed by atoms with Crippen LogP contribution in [0.1, 0.15) is 29.5 Å². The Morgan fingerprint density at radius 2 is 1.74 bits per heavy atom. The number of piperidine rings is 1. The van der Waals surface area contributed by atoms with Crippen LogP contribution in [0.3, 0.4) is 0 Å². The molecule has 0 bridgehead atoms. The molecule has 0 atom stereocenters. The Labute approximate surface area is 184 Å². The molecule has 2 aromatic rings. The predicted octanol–water partition coefficient (Wildman–Crippen LogP) is 4.85. The minimum absolute atomic E-state index is 0.00357. The number of anilines is 1. The van der Waals surface area contributed by atoms with Gasteiger partial charge in [0.1, 0.15) is 0 Å². The molecule has 0 aliphatic carbocycles. The molecule has 0 spiro atoms. The summed E-state index contributed by atoms with van der Waals surface area (Å²) in [7, 11) is -3.52. The number of hydrogen-bond acceptors (Lipinski definition) is 3. The molecule has 1 heterocycles. The molecule has 0 radical (unpaired) electrons. The van der Waals surface area contributed by atoms with Gasteiger partial charge in [0.05, 0.1) is 16.3 Å². The third-order valence-electron chi connectivity index (χ3n) is 5.23. The fraction of sp³-hybridized carbons (Fsp3) is 0.381. The van der Waals surface area contributed by atoms with Crippen molar-refractivity contribution in [2.24, 2.45) is 5.92 Å². The van der Waals surface area contributed by atoms with Crippen LogP contribution >= 0.6 is 11.6 Å². The minimum atomic E-state index is -4.63.